The first kappa shape index (κ1) is 17.0. The van der Waals surface area contributed by atoms with Gasteiger partial charge in [0.25, 0.3) is 0 Å². The Kier molecular flexibility index (Phi) is 4.49. The number of ether oxygens (including phenoxy) is 1. The van der Waals surface area contributed by atoms with Gasteiger partial charge >= 0.3 is 12.1 Å². The van der Waals surface area contributed by atoms with Crippen molar-refractivity contribution in [3.05, 3.63) is 70.8 Å². The monoisotopic (exact) mass is 339 g/mol. The summed E-state index contributed by atoms with van der Waals surface area (Å²) < 4.78 is 5.32. The van der Waals surface area contributed by atoms with E-state index in [-0.39, 0.29) is 23.6 Å². The van der Waals surface area contributed by atoms with Gasteiger partial charge in [-0.1, -0.05) is 50.2 Å². The lowest BCUT2D eigenvalue weighted by molar-refractivity contribution is 0.0696. The van der Waals surface area contributed by atoms with E-state index in [1.165, 1.54) is 0 Å². The molecule has 2 N–H and O–H groups in total. The van der Waals surface area contributed by atoms with Crippen LogP contribution in [0.15, 0.2) is 48.5 Å². The van der Waals surface area contributed by atoms with Gasteiger partial charge in [-0.3, -0.25) is 0 Å². The standard InChI is InChI=1S/C20H21NO4/c1-20(2)11-15-10-14(18(22)23)8-9-16(15)17(20)21-19(24)25-12-13-6-4-3-5-7-13/h3-10,17H,11-12H2,1-2H3,(H,21,24)(H,22,23). The predicted octanol–water partition coefficient (Wildman–Crippen LogP) is 3.93. The minimum absolute atomic E-state index is 0.213. The summed E-state index contributed by atoms with van der Waals surface area (Å²) in [6, 6.07) is 14.3. The highest BCUT2D eigenvalue weighted by Gasteiger charge is 2.40. The smallest absolute Gasteiger partial charge is 0.407 e. The molecule has 1 atom stereocenters. The van der Waals surface area contributed by atoms with Crippen molar-refractivity contribution in [1.82, 2.24) is 5.32 Å². The van der Waals surface area contributed by atoms with Crippen LogP contribution in [0.4, 0.5) is 4.79 Å². The SMILES string of the molecule is CC1(C)Cc2cc(C(=O)O)ccc2C1NC(=O)OCc1ccccc1. The topological polar surface area (TPSA) is 75.6 Å². The van der Waals surface area contributed by atoms with Gasteiger partial charge in [-0.2, -0.15) is 0 Å². The fourth-order valence-corrected chi connectivity index (χ4v) is 3.34. The maximum atomic E-state index is 12.2. The molecule has 0 fully saturated rings. The predicted molar refractivity (Wildman–Crippen MR) is 93.4 cm³/mol. The Hall–Kier alpha value is -2.82. The number of carbonyl (C=O) groups is 2. The molecular weight excluding hydrogens is 318 g/mol. The van der Waals surface area contributed by atoms with Gasteiger partial charge in [0.1, 0.15) is 6.61 Å². The first-order chi connectivity index (χ1) is 11.9. The van der Waals surface area contributed by atoms with Crippen LogP contribution >= 0.6 is 0 Å². The van der Waals surface area contributed by atoms with Crippen LogP contribution in [0.25, 0.3) is 0 Å². The van der Waals surface area contributed by atoms with Gasteiger partial charge in [0.05, 0.1) is 11.6 Å². The number of hydrogen-bond donors (Lipinski definition) is 2. The Bertz CT molecular complexity index is 799. The van der Waals surface area contributed by atoms with Crippen molar-refractivity contribution in [1.29, 1.82) is 0 Å². The van der Waals surface area contributed by atoms with Gasteiger partial charge in [-0.15, -0.1) is 0 Å². The van der Waals surface area contributed by atoms with Crippen LogP contribution in [0, 0.1) is 5.41 Å². The summed E-state index contributed by atoms with van der Waals surface area (Å²) in [5.41, 5.74) is 2.88. The van der Waals surface area contributed by atoms with E-state index in [1.807, 2.05) is 30.3 Å². The summed E-state index contributed by atoms with van der Waals surface area (Å²) >= 11 is 0. The molecule has 0 aliphatic heterocycles. The lowest BCUT2D eigenvalue weighted by Gasteiger charge is -2.28. The molecule has 130 valence electrons. The maximum absolute atomic E-state index is 12.2. The molecule has 0 radical (unpaired) electrons. The number of carboxylic acids is 1. The molecule has 3 rings (SSSR count). The van der Waals surface area contributed by atoms with Crippen LogP contribution in [0.2, 0.25) is 0 Å². The van der Waals surface area contributed by atoms with Crippen LogP contribution in [-0.2, 0) is 17.8 Å². The Balaban J connectivity index is 1.71. The van der Waals surface area contributed by atoms with Crippen LogP contribution in [0.1, 0.15) is 46.9 Å². The third-order valence-corrected chi connectivity index (χ3v) is 4.60. The summed E-state index contributed by atoms with van der Waals surface area (Å²) in [7, 11) is 0. The van der Waals surface area contributed by atoms with Crippen molar-refractivity contribution < 1.29 is 19.4 Å². The van der Waals surface area contributed by atoms with E-state index < -0.39 is 12.1 Å². The summed E-state index contributed by atoms with van der Waals surface area (Å²) in [4.78, 5) is 23.4. The highest BCUT2D eigenvalue weighted by molar-refractivity contribution is 5.88. The largest absolute Gasteiger partial charge is 0.478 e. The second-order valence-corrected chi connectivity index (χ2v) is 7.02. The maximum Gasteiger partial charge on any atom is 0.407 e. The van der Waals surface area contributed by atoms with Gasteiger partial charge in [0, 0.05) is 0 Å². The van der Waals surface area contributed by atoms with Gasteiger partial charge in [0.2, 0.25) is 0 Å². The Morgan fingerprint density at radius 2 is 1.92 bits per heavy atom. The van der Waals surface area contributed by atoms with E-state index in [1.54, 1.807) is 18.2 Å². The Labute approximate surface area is 146 Å². The first-order valence-corrected chi connectivity index (χ1v) is 8.20. The van der Waals surface area contributed by atoms with E-state index >= 15 is 0 Å². The molecule has 25 heavy (non-hydrogen) atoms. The molecule has 5 nitrogen and oxygen atoms in total. The molecule has 2 aromatic rings. The summed E-state index contributed by atoms with van der Waals surface area (Å²) in [6.45, 7) is 4.32. The zero-order valence-corrected chi connectivity index (χ0v) is 14.3. The van der Waals surface area contributed by atoms with Crippen LogP contribution in [0.3, 0.4) is 0 Å². The second-order valence-electron chi connectivity index (χ2n) is 7.02. The molecule has 5 heteroatoms. The fraction of sp³-hybridized carbons (Fsp3) is 0.300. The summed E-state index contributed by atoms with van der Waals surface area (Å²) in [6.07, 6.45) is 0.227. The number of benzene rings is 2. The van der Waals surface area contributed by atoms with Gasteiger partial charge in [-0.05, 0) is 40.7 Å². The molecule has 0 aromatic heterocycles. The highest BCUT2D eigenvalue weighted by Crippen LogP contribution is 2.45. The third-order valence-electron chi connectivity index (χ3n) is 4.60. The minimum atomic E-state index is -0.945. The molecule has 1 aliphatic rings. The average Bonchev–Trinajstić information content (AvgIpc) is 2.83. The van der Waals surface area contributed by atoms with E-state index in [0.717, 1.165) is 16.7 Å². The number of aromatic carboxylic acids is 1. The van der Waals surface area contributed by atoms with E-state index in [2.05, 4.69) is 19.2 Å². The molecular formula is C20H21NO4. The van der Waals surface area contributed by atoms with Crippen molar-refractivity contribution in [2.75, 3.05) is 0 Å². The second kappa shape index (κ2) is 6.59. The number of amides is 1. The summed E-state index contributed by atoms with van der Waals surface area (Å²) in [5.74, 6) is -0.945. The van der Waals surface area contributed by atoms with Crippen LogP contribution in [0.5, 0.6) is 0 Å². The third kappa shape index (κ3) is 3.65. The molecule has 2 aromatic carbocycles. The Morgan fingerprint density at radius 1 is 1.20 bits per heavy atom. The van der Waals surface area contributed by atoms with Crippen molar-refractivity contribution in [3.8, 4) is 0 Å². The molecule has 0 saturated heterocycles. The molecule has 0 bridgehead atoms. The highest BCUT2D eigenvalue weighted by atomic mass is 16.5. The Morgan fingerprint density at radius 3 is 2.60 bits per heavy atom. The molecule has 0 spiro atoms. The molecule has 0 heterocycles. The number of fused-ring (bicyclic) bond motifs is 1. The van der Waals surface area contributed by atoms with E-state index in [0.29, 0.717) is 6.42 Å². The van der Waals surface area contributed by atoms with Crippen molar-refractivity contribution in [3.63, 3.8) is 0 Å². The molecule has 0 saturated carbocycles. The zero-order chi connectivity index (χ0) is 18.0. The minimum Gasteiger partial charge on any atom is -0.478 e. The van der Waals surface area contributed by atoms with Crippen molar-refractivity contribution in [2.45, 2.75) is 32.9 Å². The van der Waals surface area contributed by atoms with E-state index in [4.69, 9.17) is 9.84 Å². The number of rotatable bonds is 4. The zero-order valence-electron chi connectivity index (χ0n) is 14.3. The van der Waals surface area contributed by atoms with Gasteiger partial charge in [-0.25, -0.2) is 9.59 Å². The number of carboxylic acid groups (broad SMARTS) is 1. The van der Waals surface area contributed by atoms with Crippen LogP contribution in [-0.4, -0.2) is 17.2 Å². The van der Waals surface area contributed by atoms with E-state index in [9.17, 15) is 9.59 Å². The number of hydrogen-bond acceptors (Lipinski definition) is 3. The number of carbonyl (C=O) groups excluding carboxylic acids is 1. The van der Waals surface area contributed by atoms with Crippen molar-refractivity contribution in [2.24, 2.45) is 5.41 Å². The first-order valence-electron chi connectivity index (χ1n) is 8.20. The quantitative estimate of drug-likeness (QED) is 0.885. The summed E-state index contributed by atoms with van der Waals surface area (Å²) in [5, 5.41) is 12.1. The van der Waals surface area contributed by atoms with Crippen molar-refractivity contribution >= 4 is 12.1 Å². The number of nitrogens with one attached hydrogen (secondary N) is 1. The normalized spacial score (nSPS) is 17.6. The van der Waals surface area contributed by atoms with Gasteiger partial charge < -0.3 is 15.2 Å². The van der Waals surface area contributed by atoms with Gasteiger partial charge in [0.15, 0.2) is 0 Å². The number of alkyl carbamates (subject to hydrolysis) is 1. The lowest BCUT2D eigenvalue weighted by Crippen LogP contribution is -2.35. The molecule has 1 aliphatic carbocycles. The average molecular weight is 339 g/mol. The fourth-order valence-electron chi connectivity index (χ4n) is 3.34. The molecule has 1 unspecified atom stereocenters. The lowest BCUT2D eigenvalue weighted by atomic mass is 9.85. The van der Waals surface area contributed by atoms with Crippen LogP contribution < -0.4 is 5.32 Å². The molecule has 1 amide bonds.